The SMILES string of the molecule is C#CC(C)(C)Nc1ncccc1C#N. The molecule has 3 heteroatoms. The predicted molar refractivity (Wildman–Crippen MR) is 55.5 cm³/mol. The molecule has 1 aromatic heterocycles. The van der Waals surface area contributed by atoms with E-state index in [0.29, 0.717) is 11.4 Å². The van der Waals surface area contributed by atoms with Gasteiger partial charge in [0.25, 0.3) is 0 Å². The van der Waals surface area contributed by atoms with Crippen LogP contribution in [-0.2, 0) is 0 Å². The maximum absolute atomic E-state index is 8.81. The lowest BCUT2D eigenvalue weighted by Gasteiger charge is -2.20. The quantitative estimate of drug-likeness (QED) is 0.714. The molecule has 0 atom stereocenters. The lowest BCUT2D eigenvalue weighted by molar-refractivity contribution is 0.735. The highest BCUT2D eigenvalue weighted by molar-refractivity contribution is 5.53. The standard InChI is InChI=1S/C11H11N3/c1-4-11(2,3)14-10-9(8-12)6-5-7-13-10/h1,5-7H,2-3H3,(H,13,14). The maximum atomic E-state index is 8.81. The molecule has 0 radical (unpaired) electrons. The van der Waals surface area contributed by atoms with Crippen LogP contribution in [0.25, 0.3) is 0 Å². The van der Waals surface area contributed by atoms with Crippen molar-refractivity contribution in [2.24, 2.45) is 0 Å². The number of hydrogen-bond donors (Lipinski definition) is 1. The van der Waals surface area contributed by atoms with E-state index in [1.54, 1.807) is 18.3 Å². The van der Waals surface area contributed by atoms with Crippen LogP contribution in [0.4, 0.5) is 5.82 Å². The second-order valence-corrected chi connectivity index (χ2v) is 3.41. The maximum Gasteiger partial charge on any atom is 0.145 e. The highest BCUT2D eigenvalue weighted by Crippen LogP contribution is 2.15. The third kappa shape index (κ3) is 2.24. The summed E-state index contributed by atoms with van der Waals surface area (Å²) in [4.78, 5) is 4.05. The molecule has 1 N–H and O–H groups in total. The monoisotopic (exact) mass is 185 g/mol. The summed E-state index contributed by atoms with van der Waals surface area (Å²) < 4.78 is 0. The van der Waals surface area contributed by atoms with Gasteiger partial charge < -0.3 is 5.32 Å². The fourth-order valence-corrected chi connectivity index (χ4v) is 0.927. The first-order valence-electron chi connectivity index (χ1n) is 4.20. The lowest BCUT2D eigenvalue weighted by Crippen LogP contribution is -2.29. The first-order valence-corrected chi connectivity index (χ1v) is 4.20. The van der Waals surface area contributed by atoms with E-state index < -0.39 is 5.54 Å². The van der Waals surface area contributed by atoms with Crippen LogP contribution >= 0.6 is 0 Å². The van der Waals surface area contributed by atoms with E-state index in [2.05, 4.69) is 16.2 Å². The number of nitrogens with one attached hydrogen (secondary N) is 1. The average Bonchev–Trinajstić information content (AvgIpc) is 2.18. The Hall–Kier alpha value is -2.00. The molecular weight excluding hydrogens is 174 g/mol. The fraction of sp³-hybridized carbons (Fsp3) is 0.273. The molecule has 70 valence electrons. The topological polar surface area (TPSA) is 48.7 Å². The average molecular weight is 185 g/mol. The van der Waals surface area contributed by atoms with Crippen molar-refractivity contribution in [3.05, 3.63) is 23.9 Å². The molecule has 0 saturated heterocycles. The molecule has 14 heavy (non-hydrogen) atoms. The van der Waals surface area contributed by atoms with E-state index in [1.165, 1.54) is 0 Å². The van der Waals surface area contributed by atoms with Gasteiger partial charge in [0.1, 0.15) is 11.9 Å². The number of nitriles is 1. The van der Waals surface area contributed by atoms with Crippen LogP contribution in [0.3, 0.4) is 0 Å². The number of nitrogens with zero attached hydrogens (tertiary/aromatic N) is 2. The lowest BCUT2D eigenvalue weighted by atomic mass is 10.1. The van der Waals surface area contributed by atoms with Crippen molar-refractivity contribution in [3.8, 4) is 18.4 Å². The van der Waals surface area contributed by atoms with Gasteiger partial charge in [0.15, 0.2) is 0 Å². The molecule has 0 aliphatic rings. The Bertz CT molecular complexity index is 407. The summed E-state index contributed by atoms with van der Waals surface area (Å²) in [6.45, 7) is 3.70. The van der Waals surface area contributed by atoms with Crippen LogP contribution in [0.1, 0.15) is 19.4 Å². The second-order valence-electron chi connectivity index (χ2n) is 3.41. The van der Waals surface area contributed by atoms with E-state index in [-0.39, 0.29) is 0 Å². The van der Waals surface area contributed by atoms with E-state index in [1.807, 2.05) is 19.9 Å². The highest BCUT2D eigenvalue weighted by atomic mass is 15.0. The highest BCUT2D eigenvalue weighted by Gasteiger charge is 2.15. The van der Waals surface area contributed by atoms with E-state index in [0.717, 1.165) is 0 Å². The Morgan fingerprint density at radius 3 is 2.86 bits per heavy atom. The van der Waals surface area contributed by atoms with Crippen LogP contribution in [0.15, 0.2) is 18.3 Å². The number of aromatic nitrogens is 1. The number of pyridine rings is 1. The van der Waals surface area contributed by atoms with Crippen molar-refractivity contribution in [2.75, 3.05) is 5.32 Å². The van der Waals surface area contributed by atoms with E-state index in [4.69, 9.17) is 11.7 Å². The molecule has 3 nitrogen and oxygen atoms in total. The summed E-state index contributed by atoms with van der Waals surface area (Å²) >= 11 is 0. The zero-order chi connectivity index (χ0) is 10.6. The number of terminal acetylenes is 1. The smallest absolute Gasteiger partial charge is 0.145 e. The first kappa shape index (κ1) is 10.1. The van der Waals surface area contributed by atoms with Crippen LogP contribution < -0.4 is 5.32 Å². The normalized spacial score (nSPS) is 10.0. The van der Waals surface area contributed by atoms with Crippen LogP contribution in [0.2, 0.25) is 0 Å². The Labute approximate surface area is 83.8 Å². The molecule has 1 rings (SSSR count). The Balaban J connectivity index is 3.00. The van der Waals surface area contributed by atoms with Gasteiger partial charge >= 0.3 is 0 Å². The van der Waals surface area contributed by atoms with E-state index in [9.17, 15) is 0 Å². The predicted octanol–water partition coefficient (Wildman–Crippen LogP) is 1.78. The molecule has 0 spiro atoms. The summed E-state index contributed by atoms with van der Waals surface area (Å²) in [7, 11) is 0. The van der Waals surface area contributed by atoms with Gasteiger partial charge in [-0.3, -0.25) is 0 Å². The molecule has 0 bridgehead atoms. The summed E-state index contributed by atoms with van der Waals surface area (Å²) in [5.74, 6) is 3.11. The molecule has 0 aromatic carbocycles. The summed E-state index contributed by atoms with van der Waals surface area (Å²) in [5.41, 5.74) is -0.00391. The third-order valence-electron chi connectivity index (χ3n) is 1.72. The van der Waals surface area contributed by atoms with E-state index >= 15 is 0 Å². The Morgan fingerprint density at radius 1 is 1.57 bits per heavy atom. The van der Waals surface area contributed by atoms with Gasteiger partial charge in [-0.15, -0.1) is 6.42 Å². The Kier molecular flexibility index (Phi) is 2.74. The molecule has 0 aliphatic carbocycles. The fourth-order valence-electron chi connectivity index (χ4n) is 0.927. The molecule has 0 amide bonds. The number of hydrogen-bond acceptors (Lipinski definition) is 3. The largest absolute Gasteiger partial charge is 0.353 e. The van der Waals surface area contributed by atoms with Crippen molar-refractivity contribution < 1.29 is 0 Å². The molecular formula is C11H11N3. The minimum Gasteiger partial charge on any atom is -0.353 e. The van der Waals surface area contributed by atoms with Gasteiger partial charge in [-0.1, -0.05) is 5.92 Å². The number of rotatable bonds is 2. The van der Waals surface area contributed by atoms with Gasteiger partial charge in [-0.25, -0.2) is 4.98 Å². The first-order chi connectivity index (χ1) is 6.59. The second kappa shape index (κ2) is 3.81. The number of anilines is 1. The summed E-state index contributed by atoms with van der Waals surface area (Å²) in [5, 5.41) is 11.8. The zero-order valence-corrected chi connectivity index (χ0v) is 8.20. The van der Waals surface area contributed by atoms with Gasteiger partial charge in [-0.2, -0.15) is 5.26 Å². The van der Waals surface area contributed by atoms with Crippen molar-refractivity contribution in [1.29, 1.82) is 5.26 Å². The Morgan fingerprint density at radius 2 is 2.29 bits per heavy atom. The minimum atomic E-state index is -0.500. The van der Waals surface area contributed by atoms with Gasteiger partial charge in [0, 0.05) is 6.20 Å². The van der Waals surface area contributed by atoms with Crippen LogP contribution in [0, 0.1) is 23.7 Å². The van der Waals surface area contributed by atoms with Gasteiger partial charge in [0.05, 0.1) is 11.1 Å². The zero-order valence-electron chi connectivity index (χ0n) is 8.20. The molecule has 0 fully saturated rings. The molecule has 1 aromatic rings. The van der Waals surface area contributed by atoms with Crippen LogP contribution in [-0.4, -0.2) is 10.5 Å². The van der Waals surface area contributed by atoms with Gasteiger partial charge in [0.2, 0.25) is 0 Å². The van der Waals surface area contributed by atoms with Crippen molar-refractivity contribution in [3.63, 3.8) is 0 Å². The molecule has 0 saturated carbocycles. The summed E-state index contributed by atoms with van der Waals surface area (Å²) in [6, 6.07) is 5.46. The van der Waals surface area contributed by atoms with Crippen molar-refractivity contribution in [1.82, 2.24) is 4.98 Å². The molecule has 1 heterocycles. The van der Waals surface area contributed by atoms with Gasteiger partial charge in [-0.05, 0) is 26.0 Å². The van der Waals surface area contributed by atoms with Crippen molar-refractivity contribution >= 4 is 5.82 Å². The van der Waals surface area contributed by atoms with Crippen LogP contribution in [0.5, 0.6) is 0 Å². The summed E-state index contributed by atoms with van der Waals surface area (Å²) in [6.07, 6.45) is 6.94. The molecule has 0 unspecified atom stereocenters. The molecule has 0 aliphatic heterocycles. The van der Waals surface area contributed by atoms with Crippen molar-refractivity contribution in [2.45, 2.75) is 19.4 Å². The third-order valence-corrected chi connectivity index (χ3v) is 1.72. The minimum absolute atomic E-state index is 0.496.